The third-order valence-corrected chi connectivity index (χ3v) is 9.40. The van der Waals surface area contributed by atoms with Crippen molar-refractivity contribution in [2.24, 2.45) is 11.8 Å². The average molecular weight is 555 g/mol. The lowest BCUT2D eigenvalue weighted by Crippen LogP contribution is -2.51. The summed E-state index contributed by atoms with van der Waals surface area (Å²) in [6, 6.07) is 12.6. The van der Waals surface area contributed by atoms with Crippen LogP contribution < -0.4 is 0 Å². The second kappa shape index (κ2) is 10.3. The fourth-order valence-corrected chi connectivity index (χ4v) is 6.82. The molecule has 3 aromatic heterocycles. The van der Waals surface area contributed by atoms with E-state index in [9.17, 15) is 14.7 Å². The quantitative estimate of drug-likeness (QED) is 0.312. The Morgan fingerprint density at radius 2 is 1.83 bits per heavy atom. The highest BCUT2D eigenvalue weighted by Gasteiger charge is 2.38. The van der Waals surface area contributed by atoms with Gasteiger partial charge in [-0.3, -0.25) is 4.79 Å². The van der Waals surface area contributed by atoms with Gasteiger partial charge in [0.1, 0.15) is 5.69 Å². The molecule has 4 aromatic rings. The second-order valence-corrected chi connectivity index (χ2v) is 12.3. The number of rotatable bonds is 7. The molecule has 1 N–H and O–H groups in total. The number of nitrogens with zero attached hydrogens (tertiary/aromatic N) is 4. The number of fused-ring (bicyclic) bond motifs is 2. The van der Waals surface area contributed by atoms with Crippen molar-refractivity contribution in [2.45, 2.75) is 70.9 Å². The molecule has 2 aliphatic carbocycles. The maximum absolute atomic E-state index is 13.2. The number of hydrogen-bond acceptors (Lipinski definition) is 5. The molecule has 1 aliphatic heterocycles. The zero-order chi connectivity index (χ0) is 28.2. The third-order valence-electron chi connectivity index (χ3n) is 9.40. The summed E-state index contributed by atoms with van der Waals surface area (Å²) < 4.78 is 9.47. The van der Waals surface area contributed by atoms with Gasteiger partial charge < -0.3 is 19.3 Å². The lowest BCUT2D eigenvalue weighted by atomic mass is 9.83. The first-order valence-electron chi connectivity index (χ1n) is 15.2. The number of aryl methyl sites for hydroxylation is 1. The van der Waals surface area contributed by atoms with Crippen LogP contribution in [0.25, 0.3) is 27.8 Å². The molecule has 7 rings (SSSR count). The highest BCUT2D eigenvalue weighted by atomic mass is 16.5. The van der Waals surface area contributed by atoms with Crippen LogP contribution in [0.2, 0.25) is 0 Å². The Kier molecular flexibility index (Phi) is 6.61. The summed E-state index contributed by atoms with van der Waals surface area (Å²) in [6.45, 7) is 6.71. The molecule has 214 valence electrons. The smallest absolute Gasteiger partial charge is 0.339 e. The molecule has 0 bridgehead atoms. The molecule has 8 nitrogen and oxygen atoms in total. The summed E-state index contributed by atoms with van der Waals surface area (Å²) in [5.41, 5.74) is 7.15. The monoisotopic (exact) mass is 554 g/mol. The van der Waals surface area contributed by atoms with Crippen molar-refractivity contribution in [3.63, 3.8) is 0 Å². The molecule has 3 aliphatic rings. The Morgan fingerprint density at radius 1 is 1.05 bits per heavy atom. The van der Waals surface area contributed by atoms with Crippen molar-refractivity contribution >= 4 is 28.3 Å². The van der Waals surface area contributed by atoms with Gasteiger partial charge in [0.05, 0.1) is 35.0 Å². The van der Waals surface area contributed by atoms with Crippen LogP contribution in [0.1, 0.15) is 72.9 Å². The Bertz CT molecular complexity index is 1630. The second-order valence-electron chi connectivity index (χ2n) is 12.3. The first kappa shape index (κ1) is 26.3. The number of amides is 1. The Morgan fingerprint density at radius 3 is 2.56 bits per heavy atom. The van der Waals surface area contributed by atoms with Crippen molar-refractivity contribution in [3.05, 3.63) is 59.3 Å². The molecule has 41 heavy (non-hydrogen) atoms. The fraction of sp³-hybridized carbons (Fsp3) is 0.485. The van der Waals surface area contributed by atoms with Gasteiger partial charge in [-0.2, -0.15) is 5.10 Å². The highest BCUT2D eigenvalue weighted by Crippen LogP contribution is 2.41. The van der Waals surface area contributed by atoms with Crippen LogP contribution in [0.3, 0.4) is 0 Å². The molecule has 0 spiro atoms. The number of ether oxygens (including phenoxy) is 1. The van der Waals surface area contributed by atoms with Gasteiger partial charge in [0.25, 0.3) is 0 Å². The summed E-state index contributed by atoms with van der Waals surface area (Å²) >= 11 is 0. The standard InChI is InChI=1S/C33H38N4O4/c1-3-41-33(40)24-11-14-28-20(2)30(34-37(28)19-24)29-15-23-5-4-6-27(31(23)36(29)16-21-7-8-21)25-17-35(18-25)32(39)22-9-12-26(38)13-10-22/h4-6,11,14-15,19,21-22,25-26,38H,3,7-10,12-13,16-18H2,1-2H3. The first-order chi connectivity index (χ1) is 19.9. The number of benzene rings is 1. The van der Waals surface area contributed by atoms with Crippen LogP contribution in [-0.4, -0.2) is 61.9 Å². The van der Waals surface area contributed by atoms with Crippen molar-refractivity contribution in [1.29, 1.82) is 0 Å². The number of aromatic nitrogens is 3. The SMILES string of the molecule is CCOC(=O)c1ccc2c(C)c(-c3cc4cccc(C5CN(C(=O)C6CCC(O)CC6)C5)c4n3CC3CC3)nn2c1. The number of carbonyl (C=O) groups excluding carboxylic acids is 2. The lowest BCUT2D eigenvalue weighted by molar-refractivity contribution is -0.141. The van der Waals surface area contributed by atoms with E-state index in [1.807, 2.05) is 17.0 Å². The molecule has 1 saturated heterocycles. The molecule has 0 atom stereocenters. The van der Waals surface area contributed by atoms with E-state index in [1.165, 1.54) is 29.3 Å². The van der Waals surface area contributed by atoms with Crippen molar-refractivity contribution in [2.75, 3.05) is 19.7 Å². The molecule has 1 aromatic carbocycles. The van der Waals surface area contributed by atoms with Crippen molar-refractivity contribution < 1.29 is 19.4 Å². The van der Waals surface area contributed by atoms with Crippen LogP contribution in [0.4, 0.5) is 0 Å². The van der Waals surface area contributed by atoms with E-state index in [4.69, 9.17) is 9.84 Å². The van der Waals surface area contributed by atoms with Gasteiger partial charge >= 0.3 is 5.97 Å². The van der Waals surface area contributed by atoms with E-state index in [-0.39, 0.29) is 23.9 Å². The van der Waals surface area contributed by atoms with Gasteiger partial charge in [0, 0.05) is 48.6 Å². The topological polar surface area (TPSA) is 89.1 Å². The minimum absolute atomic E-state index is 0.0582. The van der Waals surface area contributed by atoms with E-state index in [0.29, 0.717) is 24.0 Å². The lowest BCUT2D eigenvalue weighted by Gasteiger charge is -2.42. The summed E-state index contributed by atoms with van der Waals surface area (Å²) in [7, 11) is 0. The maximum Gasteiger partial charge on any atom is 0.339 e. The predicted molar refractivity (Wildman–Crippen MR) is 157 cm³/mol. The average Bonchev–Trinajstić information content (AvgIpc) is 3.61. The number of pyridine rings is 1. The molecule has 3 fully saturated rings. The Labute approximate surface area is 239 Å². The van der Waals surface area contributed by atoms with Crippen LogP contribution in [0.5, 0.6) is 0 Å². The molecule has 0 unspecified atom stereocenters. The Balaban J connectivity index is 1.23. The minimum Gasteiger partial charge on any atom is -0.462 e. The minimum atomic E-state index is -0.342. The van der Waals surface area contributed by atoms with E-state index in [0.717, 1.165) is 67.8 Å². The van der Waals surface area contributed by atoms with Crippen LogP contribution in [0, 0.1) is 18.8 Å². The van der Waals surface area contributed by atoms with Gasteiger partial charge in [-0.15, -0.1) is 0 Å². The fourth-order valence-electron chi connectivity index (χ4n) is 6.82. The third kappa shape index (κ3) is 4.72. The number of aliphatic hydroxyl groups is 1. The predicted octanol–water partition coefficient (Wildman–Crippen LogP) is 5.33. The van der Waals surface area contributed by atoms with Crippen molar-refractivity contribution in [1.82, 2.24) is 19.1 Å². The van der Waals surface area contributed by atoms with Gasteiger partial charge in [-0.25, -0.2) is 9.31 Å². The van der Waals surface area contributed by atoms with E-state index < -0.39 is 0 Å². The van der Waals surface area contributed by atoms with Gasteiger partial charge in [-0.1, -0.05) is 18.2 Å². The van der Waals surface area contributed by atoms with Gasteiger partial charge in [0.15, 0.2) is 0 Å². The first-order valence-corrected chi connectivity index (χ1v) is 15.2. The number of esters is 1. The molecular formula is C33H38N4O4. The highest BCUT2D eigenvalue weighted by molar-refractivity contribution is 5.92. The number of hydrogen-bond donors (Lipinski definition) is 1. The summed E-state index contributed by atoms with van der Waals surface area (Å²) in [4.78, 5) is 27.5. The zero-order valence-electron chi connectivity index (χ0n) is 23.9. The number of likely N-dealkylation sites (tertiary alicyclic amines) is 1. The maximum atomic E-state index is 13.2. The van der Waals surface area contributed by atoms with Crippen LogP contribution in [-0.2, 0) is 16.1 Å². The normalized spacial score (nSPS) is 21.4. The van der Waals surface area contributed by atoms with E-state index >= 15 is 0 Å². The van der Waals surface area contributed by atoms with Crippen LogP contribution in [0.15, 0.2) is 42.6 Å². The van der Waals surface area contributed by atoms with Gasteiger partial charge in [0.2, 0.25) is 5.91 Å². The molecular weight excluding hydrogens is 516 g/mol. The Hall–Kier alpha value is -3.65. The van der Waals surface area contributed by atoms with Gasteiger partial charge in [-0.05, 0) is 82.1 Å². The molecule has 8 heteroatoms. The summed E-state index contributed by atoms with van der Waals surface area (Å²) in [5.74, 6) is 0.962. The van der Waals surface area contributed by atoms with Crippen LogP contribution >= 0.6 is 0 Å². The number of carbonyl (C=O) groups is 2. The molecule has 1 amide bonds. The van der Waals surface area contributed by atoms with E-state index in [2.05, 4.69) is 35.8 Å². The largest absolute Gasteiger partial charge is 0.462 e. The molecule has 2 saturated carbocycles. The summed E-state index contributed by atoms with van der Waals surface area (Å²) in [5, 5.41) is 16.0. The van der Waals surface area contributed by atoms with E-state index in [1.54, 1.807) is 17.6 Å². The van der Waals surface area contributed by atoms with Crippen molar-refractivity contribution in [3.8, 4) is 11.4 Å². The zero-order valence-corrected chi connectivity index (χ0v) is 23.9. The molecule has 0 radical (unpaired) electrons. The molecule has 4 heterocycles. The number of para-hydroxylation sites is 1. The summed E-state index contributed by atoms with van der Waals surface area (Å²) in [6.07, 6.45) is 7.06. The number of aliphatic hydroxyl groups excluding tert-OH is 1.